The van der Waals surface area contributed by atoms with Crippen molar-refractivity contribution < 1.29 is 4.79 Å². The van der Waals surface area contributed by atoms with Crippen molar-refractivity contribution in [2.45, 2.75) is 48.6 Å². The summed E-state index contributed by atoms with van der Waals surface area (Å²) in [5, 5.41) is 3.15. The maximum atomic E-state index is 12.1. The molecule has 0 bridgehead atoms. The van der Waals surface area contributed by atoms with Crippen LogP contribution in [0.25, 0.3) is 0 Å². The van der Waals surface area contributed by atoms with Gasteiger partial charge in [0.1, 0.15) is 0 Å². The Bertz CT molecular complexity index is 266. The van der Waals surface area contributed by atoms with Crippen molar-refractivity contribution in [3.8, 4) is 0 Å². The summed E-state index contributed by atoms with van der Waals surface area (Å²) in [5.74, 6) is 2.08. The topological polar surface area (TPSA) is 29.1 Å². The molecule has 1 heterocycles. The minimum Gasteiger partial charge on any atom is -0.355 e. The van der Waals surface area contributed by atoms with E-state index in [0.29, 0.717) is 10.7 Å². The van der Waals surface area contributed by atoms with E-state index < -0.39 is 0 Å². The van der Waals surface area contributed by atoms with Gasteiger partial charge in [0.2, 0.25) is 5.91 Å². The largest absolute Gasteiger partial charge is 0.355 e. The predicted octanol–water partition coefficient (Wildman–Crippen LogP) is 2.95. The Morgan fingerprint density at radius 3 is 2.94 bits per heavy atom. The molecule has 1 amide bonds. The van der Waals surface area contributed by atoms with E-state index in [1.54, 1.807) is 0 Å². The van der Waals surface area contributed by atoms with E-state index in [9.17, 15) is 4.79 Å². The molecule has 1 saturated carbocycles. The highest BCUT2D eigenvalue weighted by molar-refractivity contribution is 9.09. The van der Waals surface area contributed by atoms with E-state index in [1.165, 1.54) is 25.7 Å². The SMILES string of the molecule is CC1(C(=O)NCC2CCC(Br)C2)CCCS1. The maximum absolute atomic E-state index is 12.1. The van der Waals surface area contributed by atoms with Crippen molar-refractivity contribution in [2.75, 3.05) is 12.3 Å². The molecular weight excluding hydrogens is 286 g/mol. The van der Waals surface area contributed by atoms with Crippen LogP contribution in [0.2, 0.25) is 0 Å². The molecule has 0 spiro atoms. The summed E-state index contributed by atoms with van der Waals surface area (Å²) in [6.45, 7) is 2.96. The number of halogens is 1. The first-order valence-corrected chi connectivity index (χ1v) is 8.06. The van der Waals surface area contributed by atoms with Gasteiger partial charge < -0.3 is 5.32 Å². The summed E-state index contributed by atoms with van der Waals surface area (Å²) >= 11 is 5.46. The van der Waals surface area contributed by atoms with Crippen LogP contribution in [0.5, 0.6) is 0 Å². The number of amides is 1. The van der Waals surface area contributed by atoms with Gasteiger partial charge in [-0.25, -0.2) is 0 Å². The fourth-order valence-electron chi connectivity index (χ4n) is 2.58. The highest BCUT2D eigenvalue weighted by Gasteiger charge is 2.37. The van der Waals surface area contributed by atoms with Crippen LogP contribution in [0.15, 0.2) is 0 Å². The third kappa shape index (κ3) is 2.95. The standard InChI is InChI=1S/C12H20BrNOS/c1-12(5-2-6-16-12)11(15)14-8-9-3-4-10(13)7-9/h9-10H,2-8H2,1H3,(H,14,15). The molecule has 92 valence electrons. The van der Waals surface area contributed by atoms with Gasteiger partial charge in [-0.2, -0.15) is 0 Å². The monoisotopic (exact) mass is 305 g/mol. The lowest BCUT2D eigenvalue weighted by molar-refractivity contribution is -0.123. The number of carbonyl (C=O) groups excluding carboxylic acids is 1. The average molecular weight is 306 g/mol. The fourth-order valence-corrected chi connectivity index (χ4v) is 4.61. The Balaban J connectivity index is 1.75. The number of carbonyl (C=O) groups is 1. The third-order valence-corrected chi connectivity index (χ3v) is 6.08. The second kappa shape index (κ2) is 5.30. The number of rotatable bonds is 3. The van der Waals surface area contributed by atoms with Crippen molar-refractivity contribution in [3.05, 3.63) is 0 Å². The quantitative estimate of drug-likeness (QED) is 0.812. The number of thioether (sulfide) groups is 1. The Hall–Kier alpha value is 0.300. The van der Waals surface area contributed by atoms with Crippen LogP contribution in [-0.4, -0.2) is 27.8 Å². The van der Waals surface area contributed by atoms with Crippen molar-refractivity contribution in [1.82, 2.24) is 5.32 Å². The van der Waals surface area contributed by atoms with Crippen molar-refractivity contribution in [2.24, 2.45) is 5.92 Å². The van der Waals surface area contributed by atoms with Crippen LogP contribution in [0, 0.1) is 5.92 Å². The maximum Gasteiger partial charge on any atom is 0.235 e. The van der Waals surface area contributed by atoms with E-state index in [-0.39, 0.29) is 10.7 Å². The Morgan fingerprint density at radius 2 is 2.38 bits per heavy atom. The molecule has 2 fully saturated rings. The minimum atomic E-state index is -0.146. The van der Waals surface area contributed by atoms with Crippen molar-refractivity contribution in [3.63, 3.8) is 0 Å². The first-order chi connectivity index (χ1) is 7.60. The zero-order valence-electron chi connectivity index (χ0n) is 9.80. The lowest BCUT2D eigenvalue weighted by atomic mass is 10.0. The summed E-state index contributed by atoms with van der Waals surface area (Å²) in [6, 6.07) is 0. The number of alkyl halides is 1. The highest BCUT2D eigenvalue weighted by Crippen LogP contribution is 2.38. The third-order valence-electron chi connectivity index (χ3n) is 3.73. The molecule has 2 rings (SSSR count). The molecule has 0 aromatic carbocycles. The molecule has 1 aliphatic heterocycles. The molecule has 0 aromatic heterocycles. The Morgan fingerprint density at radius 1 is 1.56 bits per heavy atom. The molecule has 3 atom stereocenters. The number of hydrogen-bond acceptors (Lipinski definition) is 2. The molecule has 3 unspecified atom stereocenters. The summed E-state index contributed by atoms with van der Waals surface area (Å²) in [6.07, 6.45) is 5.94. The molecule has 0 radical (unpaired) electrons. The smallest absolute Gasteiger partial charge is 0.235 e. The van der Waals surface area contributed by atoms with Crippen LogP contribution >= 0.6 is 27.7 Å². The van der Waals surface area contributed by atoms with Gasteiger partial charge in [0.15, 0.2) is 0 Å². The summed E-state index contributed by atoms with van der Waals surface area (Å²) < 4.78 is -0.146. The molecule has 1 aliphatic carbocycles. The predicted molar refractivity (Wildman–Crippen MR) is 73.2 cm³/mol. The summed E-state index contributed by atoms with van der Waals surface area (Å²) in [7, 11) is 0. The van der Waals surface area contributed by atoms with Crippen LogP contribution in [-0.2, 0) is 4.79 Å². The molecule has 16 heavy (non-hydrogen) atoms. The number of hydrogen-bond donors (Lipinski definition) is 1. The molecule has 2 nitrogen and oxygen atoms in total. The molecule has 2 aliphatic rings. The molecule has 0 aromatic rings. The fraction of sp³-hybridized carbons (Fsp3) is 0.917. The van der Waals surface area contributed by atoms with Crippen LogP contribution in [0.3, 0.4) is 0 Å². The normalized spacial score (nSPS) is 38.9. The first-order valence-electron chi connectivity index (χ1n) is 6.16. The molecule has 1 N–H and O–H groups in total. The van der Waals surface area contributed by atoms with Gasteiger partial charge in [-0.1, -0.05) is 15.9 Å². The van der Waals surface area contributed by atoms with E-state index in [1.807, 2.05) is 11.8 Å². The van der Waals surface area contributed by atoms with Gasteiger partial charge in [0, 0.05) is 11.4 Å². The van der Waals surface area contributed by atoms with Crippen molar-refractivity contribution in [1.29, 1.82) is 0 Å². The minimum absolute atomic E-state index is 0.146. The van der Waals surface area contributed by atoms with Gasteiger partial charge in [-0.15, -0.1) is 11.8 Å². The second-order valence-electron chi connectivity index (χ2n) is 5.17. The van der Waals surface area contributed by atoms with Gasteiger partial charge in [-0.05, 0) is 50.7 Å². The lowest BCUT2D eigenvalue weighted by Gasteiger charge is -2.22. The zero-order valence-corrected chi connectivity index (χ0v) is 12.2. The van der Waals surface area contributed by atoms with Crippen LogP contribution in [0.4, 0.5) is 0 Å². The van der Waals surface area contributed by atoms with Crippen LogP contribution < -0.4 is 5.32 Å². The summed E-state index contributed by atoms with van der Waals surface area (Å²) in [5.41, 5.74) is 0. The van der Waals surface area contributed by atoms with E-state index >= 15 is 0 Å². The lowest BCUT2D eigenvalue weighted by Crippen LogP contribution is -2.42. The molecule has 1 saturated heterocycles. The van der Waals surface area contributed by atoms with E-state index in [0.717, 1.165) is 18.7 Å². The summed E-state index contributed by atoms with van der Waals surface area (Å²) in [4.78, 5) is 12.7. The Kier molecular flexibility index (Phi) is 4.22. The van der Waals surface area contributed by atoms with E-state index in [4.69, 9.17) is 0 Å². The first kappa shape index (κ1) is 12.7. The highest BCUT2D eigenvalue weighted by atomic mass is 79.9. The van der Waals surface area contributed by atoms with Gasteiger partial charge >= 0.3 is 0 Å². The second-order valence-corrected chi connectivity index (χ2v) is 8.06. The Labute approximate surface area is 110 Å². The van der Waals surface area contributed by atoms with Gasteiger partial charge in [-0.3, -0.25) is 4.79 Å². The molecule has 4 heteroatoms. The van der Waals surface area contributed by atoms with Crippen LogP contribution in [0.1, 0.15) is 39.0 Å². The van der Waals surface area contributed by atoms with Gasteiger partial charge in [0.25, 0.3) is 0 Å². The van der Waals surface area contributed by atoms with Gasteiger partial charge in [0.05, 0.1) is 4.75 Å². The zero-order chi connectivity index (χ0) is 11.6. The number of nitrogens with one attached hydrogen (secondary N) is 1. The average Bonchev–Trinajstić information content (AvgIpc) is 2.85. The van der Waals surface area contributed by atoms with Crippen molar-refractivity contribution >= 4 is 33.6 Å². The van der Waals surface area contributed by atoms with E-state index in [2.05, 4.69) is 28.2 Å². The molecular formula is C12H20BrNOS.